The van der Waals surface area contributed by atoms with Crippen LogP contribution in [0.1, 0.15) is 38.1 Å². The lowest BCUT2D eigenvalue weighted by molar-refractivity contribution is -0.139. The third-order valence-corrected chi connectivity index (χ3v) is 4.48. The molecule has 3 rings (SSSR count). The van der Waals surface area contributed by atoms with E-state index in [0.29, 0.717) is 18.3 Å². The lowest BCUT2D eigenvalue weighted by Crippen LogP contribution is -2.43. The number of aromatic nitrogens is 2. The first-order chi connectivity index (χ1) is 11.7. The molecule has 2 aromatic rings. The number of piperidine rings is 1. The van der Waals surface area contributed by atoms with Gasteiger partial charge in [-0.15, -0.1) is 12.4 Å². The van der Waals surface area contributed by atoms with E-state index in [1.54, 1.807) is 0 Å². The second kappa shape index (κ2) is 8.97. The number of amides is 1. The Morgan fingerprint density at radius 1 is 1.36 bits per heavy atom. The minimum Gasteiger partial charge on any atom is -0.337 e. The quantitative estimate of drug-likeness (QED) is 0.882. The second-order valence-corrected chi connectivity index (χ2v) is 6.32. The summed E-state index contributed by atoms with van der Waals surface area (Å²) in [6, 6.07) is 9.63. The number of hydrogen-bond acceptors (Lipinski definition) is 5. The molecule has 1 amide bonds. The Hall–Kier alpha value is -1.92. The van der Waals surface area contributed by atoms with E-state index in [-0.39, 0.29) is 30.3 Å². The van der Waals surface area contributed by atoms with Crippen LogP contribution >= 0.6 is 12.4 Å². The average molecular weight is 365 g/mol. The summed E-state index contributed by atoms with van der Waals surface area (Å²) in [5, 5.41) is 7.17. The molecule has 2 unspecified atom stereocenters. The lowest BCUT2D eigenvalue weighted by Gasteiger charge is -2.35. The first-order valence-corrected chi connectivity index (χ1v) is 8.55. The minimum atomic E-state index is -0.115. The number of rotatable bonds is 5. The van der Waals surface area contributed by atoms with Crippen LogP contribution < -0.4 is 5.32 Å². The molecule has 1 aromatic carbocycles. The fraction of sp³-hybridized carbons (Fsp3) is 0.500. The molecule has 136 valence electrons. The number of carbonyl (C=O) groups excluding carboxylic acids is 1. The van der Waals surface area contributed by atoms with Crippen LogP contribution in [0.25, 0.3) is 11.4 Å². The molecule has 6 nitrogen and oxygen atoms in total. The van der Waals surface area contributed by atoms with Crippen molar-refractivity contribution in [1.29, 1.82) is 0 Å². The van der Waals surface area contributed by atoms with Crippen LogP contribution in [0.5, 0.6) is 0 Å². The highest BCUT2D eigenvalue weighted by Gasteiger charge is 2.33. The molecule has 0 saturated carbocycles. The Morgan fingerprint density at radius 3 is 2.84 bits per heavy atom. The third kappa shape index (κ3) is 4.38. The molecule has 1 saturated heterocycles. The van der Waals surface area contributed by atoms with Crippen LogP contribution in [0.2, 0.25) is 0 Å². The summed E-state index contributed by atoms with van der Waals surface area (Å²) in [5.41, 5.74) is 0.921. The van der Waals surface area contributed by atoms with Gasteiger partial charge in [-0.1, -0.05) is 42.4 Å². The predicted octanol–water partition coefficient (Wildman–Crippen LogP) is 3.07. The maximum atomic E-state index is 12.7. The van der Waals surface area contributed by atoms with Gasteiger partial charge in [-0.05, 0) is 26.3 Å². The minimum absolute atomic E-state index is 0. The van der Waals surface area contributed by atoms with Crippen LogP contribution in [0.3, 0.4) is 0 Å². The van der Waals surface area contributed by atoms with Gasteiger partial charge >= 0.3 is 0 Å². The van der Waals surface area contributed by atoms with Gasteiger partial charge in [0.05, 0.1) is 0 Å². The summed E-state index contributed by atoms with van der Waals surface area (Å²) in [7, 11) is 1.86. The molecule has 0 radical (unpaired) electrons. The van der Waals surface area contributed by atoms with E-state index in [2.05, 4.69) is 15.5 Å². The zero-order valence-corrected chi connectivity index (χ0v) is 15.5. The lowest BCUT2D eigenvalue weighted by atomic mass is 9.99. The van der Waals surface area contributed by atoms with Crippen LogP contribution in [0, 0.1) is 5.92 Å². The zero-order valence-electron chi connectivity index (χ0n) is 14.6. The molecule has 1 N–H and O–H groups in total. The van der Waals surface area contributed by atoms with E-state index < -0.39 is 0 Å². The molecule has 2 atom stereocenters. The number of nitrogens with zero attached hydrogens (tertiary/aromatic N) is 3. The van der Waals surface area contributed by atoms with E-state index in [9.17, 15) is 4.79 Å². The Balaban J connectivity index is 0.00000225. The van der Waals surface area contributed by atoms with Gasteiger partial charge in [-0.25, -0.2) is 0 Å². The Bertz CT molecular complexity index is 677. The van der Waals surface area contributed by atoms with E-state index in [0.717, 1.165) is 31.4 Å². The average Bonchev–Trinajstić information content (AvgIpc) is 3.12. The maximum Gasteiger partial charge on any atom is 0.249 e. The third-order valence-electron chi connectivity index (χ3n) is 4.48. The molecule has 1 aliphatic rings. The standard InChI is InChI=1S/C18H24N4O2.ClH/c1-13(12-19-2)18(23)22-11-7-6-10-15(22)17-20-16(21-24-17)14-8-4-3-5-9-14;/h3-5,8-9,13,15,19H,6-7,10-12H2,1-2H3;1H. The maximum absolute atomic E-state index is 12.7. The highest BCUT2D eigenvalue weighted by Crippen LogP contribution is 2.32. The van der Waals surface area contributed by atoms with Crippen molar-refractivity contribution in [2.24, 2.45) is 5.92 Å². The summed E-state index contributed by atoms with van der Waals surface area (Å²) in [6.45, 7) is 3.37. The number of nitrogens with one attached hydrogen (secondary N) is 1. The van der Waals surface area contributed by atoms with Crippen molar-refractivity contribution in [2.45, 2.75) is 32.2 Å². The van der Waals surface area contributed by atoms with E-state index in [4.69, 9.17) is 4.52 Å². The number of halogens is 1. The van der Waals surface area contributed by atoms with Gasteiger partial charge in [-0.2, -0.15) is 4.98 Å². The summed E-state index contributed by atoms with van der Waals surface area (Å²) in [4.78, 5) is 19.2. The van der Waals surface area contributed by atoms with Crippen LogP contribution in [0.4, 0.5) is 0 Å². The van der Waals surface area contributed by atoms with Crippen molar-refractivity contribution in [3.63, 3.8) is 0 Å². The molecule has 2 heterocycles. The molecule has 1 fully saturated rings. The first kappa shape index (κ1) is 19.4. The molecule has 0 aliphatic carbocycles. The Morgan fingerprint density at radius 2 is 2.12 bits per heavy atom. The van der Waals surface area contributed by atoms with E-state index in [1.165, 1.54) is 0 Å². The van der Waals surface area contributed by atoms with Gasteiger partial charge < -0.3 is 14.7 Å². The fourth-order valence-electron chi connectivity index (χ4n) is 3.20. The van der Waals surface area contributed by atoms with E-state index >= 15 is 0 Å². The summed E-state index contributed by atoms with van der Waals surface area (Å²) >= 11 is 0. The van der Waals surface area contributed by atoms with E-state index in [1.807, 2.05) is 49.2 Å². The highest BCUT2D eigenvalue weighted by atomic mass is 35.5. The largest absolute Gasteiger partial charge is 0.337 e. The molecule has 1 aromatic heterocycles. The molecule has 7 heteroatoms. The van der Waals surface area contributed by atoms with Gasteiger partial charge in [-0.3, -0.25) is 4.79 Å². The Kier molecular flexibility index (Phi) is 6.96. The molecule has 0 bridgehead atoms. The number of hydrogen-bond donors (Lipinski definition) is 1. The van der Waals surface area contributed by atoms with Gasteiger partial charge in [0.25, 0.3) is 0 Å². The Labute approximate surface area is 154 Å². The smallest absolute Gasteiger partial charge is 0.249 e. The highest BCUT2D eigenvalue weighted by molar-refractivity contribution is 5.85. The van der Waals surface area contributed by atoms with Crippen molar-refractivity contribution in [1.82, 2.24) is 20.4 Å². The fourth-order valence-corrected chi connectivity index (χ4v) is 3.20. The first-order valence-electron chi connectivity index (χ1n) is 8.55. The van der Waals surface area contributed by atoms with Crippen molar-refractivity contribution < 1.29 is 9.32 Å². The van der Waals surface area contributed by atoms with Crippen molar-refractivity contribution >= 4 is 18.3 Å². The molecule has 25 heavy (non-hydrogen) atoms. The summed E-state index contributed by atoms with van der Waals surface area (Å²) in [5.74, 6) is 1.20. The number of likely N-dealkylation sites (tertiary alicyclic amines) is 1. The zero-order chi connectivity index (χ0) is 16.9. The van der Waals surface area contributed by atoms with Gasteiger partial charge in [0, 0.05) is 24.6 Å². The molecular weight excluding hydrogens is 340 g/mol. The summed E-state index contributed by atoms with van der Waals surface area (Å²) in [6.07, 6.45) is 2.96. The van der Waals surface area contributed by atoms with Gasteiger partial charge in [0.2, 0.25) is 17.6 Å². The van der Waals surface area contributed by atoms with Crippen molar-refractivity contribution in [3.8, 4) is 11.4 Å². The topological polar surface area (TPSA) is 71.3 Å². The molecule has 0 spiro atoms. The molecular formula is C18H25ClN4O2. The van der Waals surface area contributed by atoms with Gasteiger partial charge in [0.15, 0.2) is 0 Å². The number of carbonyl (C=O) groups is 1. The second-order valence-electron chi connectivity index (χ2n) is 6.32. The normalized spacial score (nSPS) is 18.5. The van der Waals surface area contributed by atoms with Crippen LogP contribution in [0.15, 0.2) is 34.9 Å². The monoisotopic (exact) mass is 364 g/mol. The van der Waals surface area contributed by atoms with Gasteiger partial charge in [0.1, 0.15) is 6.04 Å². The van der Waals surface area contributed by atoms with Crippen molar-refractivity contribution in [3.05, 3.63) is 36.2 Å². The van der Waals surface area contributed by atoms with Crippen LogP contribution in [-0.2, 0) is 4.79 Å². The predicted molar refractivity (Wildman–Crippen MR) is 98.4 cm³/mol. The number of benzene rings is 1. The van der Waals surface area contributed by atoms with Crippen molar-refractivity contribution in [2.75, 3.05) is 20.1 Å². The SMILES string of the molecule is CNCC(C)C(=O)N1CCCCC1c1nc(-c2ccccc2)no1.Cl. The molecule has 1 aliphatic heterocycles. The summed E-state index contributed by atoms with van der Waals surface area (Å²) < 4.78 is 5.51. The van der Waals surface area contributed by atoms with Crippen LogP contribution in [-0.4, -0.2) is 41.1 Å².